The third kappa shape index (κ3) is 2.24. The number of benzene rings is 1. The van der Waals surface area contributed by atoms with E-state index in [0.717, 1.165) is 17.3 Å². The van der Waals surface area contributed by atoms with Gasteiger partial charge in [-0.15, -0.1) is 0 Å². The number of rotatable bonds is 1. The summed E-state index contributed by atoms with van der Waals surface area (Å²) in [6.07, 6.45) is 1.70. The molecule has 1 amide bonds. The normalized spacial score (nSPS) is 18.3. The van der Waals surface area contributed by atoms with Gasteiger partial charge in [-0.05, 0) is 35.5 Å². The number of carbonyl (C=O) groups is 1. The molecular weight excluding hydrogens is 215 g/mol. The molecule has 0 bridgehead atoms. The van der Waals surface area contributed by atoms with E-state index in [9.17, 15) is 9.18 Å². The van der Waals surface area contributed by atoms with Crippen molar-refractivity contribution in [2.45, 2.75) is 0 Å². The average Bonchev–Trinajstić information content (AvgIpc) is 2.49. The fraction of sp³-hybridized carbons (Fsp3) is 0. The summed E-state index contributed by atoms with van der Waals surface area (Å²) in [5.41, 5.74) is 6.30. The molecular formula is C10H7FN2OS. The number of carbonyl (C=O) groups excluding carboxylic acids is 1. The van der Waals surface area contributed by atoms with Crippen LogP contribution in [0, 0.1) is 5.82 Å². The first-order valence-electron chi connectivity index (χ1n) is 4.19. The molecule has 15 heavy (non-hydrogen) atoms. The number of amidine groups is 1. The molecule has 1 aromatic carbocycles. The van der Waals surface area contributed by atoms with Crippen LogP contribution >= 0.6 is 11.8 Å². The first-order valence-corrected chi connectivity index (χ1v) is 5.00. The minimum absolute atomic E-state index is 0.217. The van der Waals surface area contributed by atoms with Gasteiger partial charge < -0.3 is 5.73 Å². The first kappa shape index (κ1) is 9.92. The molecule has 2 N–H and O–H groups in total. The van der Waals surface area contributed by atoms with Gasteiger partial charge in [0.1, 0.15) is 11.7 Å². The van der Waals surface area contributed by atoms with Crippen LogP contribution in [0.2, 0.25) is 0 Å². The molecule has 0 atom stereocenters. The van der Waals surface area contributed by atoms with Gasteiger partial charge in [-0.1, -0.05) is 12.1 Å². The number of hydrogen-bond acceptors (Lipinski definition) is 3. The van der Waals surface area contributed by atoms with Crippen LogP contribution in [0.1, 0.15) is 5.56 Å². The Balaban J connectivity index is 2.28. The van der Waals surface area contributed by atoms with Gasteiger partial charge >= 0.3 is 5.24 Å². The number of amides is 1. The van der Waals surface area contributed by atoms with Crippen LogP contribution < -0.4 is 5.73 Å². The van der Waals surface area contributed by atoms with E-state index in [1.165, 1.54) is 12.1 Å². The summed E-state index contributed by atoms with van der Waals surface area (Å²) in [7, 11) is 0. The zero-order valence-electron chi connectivity index (χ0n) is 7.61. The molecule has 0 aromatic heterocycles. The molecule has 0 spiro atoms. The molecule has 1 aromatic rings. The maximum absolute atomic E-state index is 12.6. The quantitative estimate of drug-likeness (QED) is 0.793. The van der Waals surface area contributed by atoms with E-state index < -0.39 is 0 Å². The molecule has 1 aliphatic rings. The van der Waals surface area contributed by atoms with E-state index in [2.05, 4.69) is 4.99 Å². The van der Waals surface area contributed by atoms with Crippen LogP contribution in [0.5, 0.6) is 0 Å². The zero-order chi connectivity index (χ0) is 10.8. The monoisotopic (exact) mass is 222 g/mol. The molecule has 3 nitrogen and oxygen atoms in total. The standard InChI is InChI=1S/C10H7FN2OS/c11-7-3-1-6(2-4-7)5-8-9(12)13-10(14)15-8/h1-5H,(H2,12,13,14). The van der Waals surface area contributed by atoms with Crippen LogP contribution in [-0.2, 0) is 0 Å². The topological polar surface area (TPSA) is 55.4 Å². The Hall–Kier alpha value is -1.62. The number of nitrogens with two attached hydrogens (primary N) is 1. The summed E-state index contributed by atoms with van der Waals surface area (Å²) in [5.74, 6) is -0.0803. The number of aliphatic imine (C=N–C) groups is 1. The van der Waals surface area contributed by atoms with E-state index in [-0.39, 0.29) is 16.9 Å². The predicted octanol–water partition coefficient (Wildman–Crippen LogP) is 2.39. The second-order valence-corrected chi connectivity index (χ2v) is 3.92. The summed E-state index contributed by atoms with van der Waals surface area (Å²) in [6.45, 7) is 0. The summed E-state index contributed by atoms with van der Waals surface area (Å²) in [6, 6.07) is 5.92. The van der Waals surface area contributed by atoms with Crippen molar-refractivity contribution in [3.63, 3.8) is 0 Å². The van der Waals surface area contributed by atoms with Gasteiger partial charge in [0.15, 0.2) is 0 Å². The molecule has 1 aliphatic heterocycles. The lowest BCUT2D eigenvalue weighted by atomic mass is 10.2. The number of nitrogens with zero attached hydrogens (tertiary/aromatic N) is 1. The van der Waals surface area contributed by atoms with Crippen LogP contribution in [0.4, 0.5) is 9.18 Å². The fourth-order valence-corrected chi connectivity index (χ4v) is 1.81. The fourth-order valence-electron chi connectivity index (χ4n) is 1.14. The van der Waals surface area contributed by atoms with Gasteiger partial charge in [0.05, 0.1) is 4.91 Å². The summed E-state index contributed by atoms with van der Waals surface area (Å²) in [4.78, 5) is 15.1. The Labute approximate surface area is 89.9 Å². The highest BCUT2D eigenvalue weighted by Crippen LogP contribution is 2.27. The minimum Gasteiger partial charge on any atom is -0.383 e. The summed E-state index contributed by atoms with van der Waals surface area (Å²) in [5, 5.41) is -0.319. The molecule has 76 valence electrons. The Morgan fingerprint density at radius 1 is 1.33 bits per heavy atom. The van der Waals surface area contributed by atoms with Gasteiger partial charge in [0, 0.05) is 0 Å². The highest BCUT2D eigenvalue weighted by Gasteiger charge is 2.18. The largest absolute Gasteiger partial charge is 0.383 e. The summed E-state index contributed by atoms with van der Waals surface area (Å²) < 4.78 is 12.6. The Kier molecular flexibility index (Phi) is 2.55. The van der Waals surface area contributed by atoms with E-state index in [1.807, 2.05) is 0 Å². The van der Waals surface area contributed by atoms with Crippen molar-refractivity contribution >= 4 is 28.9 Å². The van der Waals surface area contributed by atoms with Gasteiger partial charge in [-0.3, -0.25) is 4.79 Å². The third-order valence-electron chi connectivity index (χ3n) is 1.83. The van der Waals surface area contributed by atoms with Gasteiger partial charge in [0.2, 0.25) is 0 Å². The molecule has 0 aliphatic carbocycles. The van der Waals surface area contributed by atoms with E-state index in [4.69, 9.17) is 5.73 Å². The molecule has 5 heteroatoms. The summed E-state index contributed by atoms with van der Waals surface area (Å²) >= 11 is 0.972. The van der Waals surface area contributed by atoms with Crippen molar-refractivity contribution in [3.8, 4) is 0 Å². The van der Waals surface area contributed by atoms with Gasteiger partial charge in [0.25, 0.3) is 0 Å². The van der Waals surface area contributed by atoms with Crippen molar-refractivity contribution < 1.29 is 9.18 Å². The van der Waals surface area contributed by atoms with Crippen LogP contribution in [-0.4, -0.2) is 11.1 Å². The highest BCUT2D eigenvalue weighted by atomic mass is 32.2. The molecule has 0 fully saturated rings. The highest BCUT2D eigenvalue weighted by molar-refractivity contribution is 8.18. The van der Waals surface area contributed by atoms with Crippen LogP contribution in [0.25, 0.3) is 6.08 Å². The van der Waals surface area contributed by atoms with Crippen molar-refractivity contribution in [2.24, 2.45) is 10.7 Å². The van der Waals surface area contributed by atoms with Crippen molar-refractivity contribution in [1.82, 2.24) is 0 Å². The third-order valence-corrected chi connectivity index (χ3v) is 2.64. The van der Waals surface area contributed by atoms with Crippen molar-refractivity contribution in [1.29, 1.82) is 0 Å². The molecule has 0 saturated heterocycles. The van der Waals surface area contributed by atoms with Crippen LogP contribution in [0.15, 0.2) is 34.2 Å². The maximum atomic E-state index is 12.6. The maximum Gasteiger partial charge on any atom is 0.311 e. The van der Waals surface area contributed by atoms with E-state index in [0.29, 0.717) is 4.91 Å². The molecule has 1 heterocycles. The van der Waals surface area contributed by atoms with Crippen molar-refractivity contribution in [2.75, 3.05) is 0 Å². The van der Waals surface area contributed by atoms with E-state index >= 15 is 0 Å². The lowest BCUT2D eigenvalue weighted by Gasteiger charge is -1.96. The number of hydrogen-bond donors (Lipinski definition) is 1. The Morgan fingerprint density at radius 3 is 2.53 bits per heavy atom. The second kappa shape index (κ2) is 3.86. The average molecular weight is 222 g/mol. The van der Waals surface area contributed by atoms with Gasteiger partial charge in [-0.25, -0.2) is 4.39 Å². The lowest BCUT2D eigenvalue weighted by molar-refractivity contribution is 0.268. The molecule has 0 saturated carbocycles. The lowest BCUT2D eigenvalue weighted by Crippen LogP contribution is -2.08. The molecule has 0 radical (unpaired) electrons. The molecule has 0 unspecified atom stereocenters. The first-order chi connectivity index (χ1) is 7.15. The SMILES string of the molecule is NC1=NC(=O)SC1=Cc1ccc(F)cc1. The smallest absolute Gasteiger partial charge is 0.311 e. The second-order valence-electron chi connectivity index (χ2n) is 2.93. The predicted molar refractivity (Wildman–Crippen MR) is 59.0 cm³/mol. The van der Waals surface area contributed by atoms with E-state index in [1.54, 1.807) is 18.2 Å². The Bertz CT molecular complexity index is 465. The Morgan fingerprint density at radius 2 is 2.00 bits per heavy atom. The molecule has 2 rings (SSSR count). The van der Waals surface area contributed by atoms with Crippen LogP contribution in [0.3, 0.4) is 0 Å². The zero-order valence-corrected chi connectivity index (χ0v) is 8.42. The minimum atomic E-state index is -0.319. The number of thioether (sulfide) groups is 1. The number of halogens is 1. The van der Waals surface area contributed by atoms with Gasteiger partial charge in [-0.2, -0.15) is 4.99 Å². The van der Waals surface area contributed by atoms with Crippen molar-refractivity contribution in [3.05, 3.63) is 40.6 Å².